The van der Waals surface area contributed by atoms with Crippen LogP contribution in [0.3, 0.4) is 0 Å². The molecule has 1 rings (SSSR count). The van der Waals surface area contributed by atoms with E-state index >= 15 is 0 Å². The van der Waals surface area contributed by atoms with E-state index in [4.69, 9.17) is 10.5 Å². The fraction of sp³-hybridized carbons (Fsp3) is 0.300. The molecule has 0 saturated heterocycles. The molecule has 13 heavy (non-hydrogen) atoms. The number of hydrogen-bond acceptors (Lipinski definition) is 3. The van der Waals surface area contributed by atoms with Crippen LogP contribution in [0.1, 0.15) is 30.5 Å². The summed E-state index contributed by atoms with van der Waals surface area (Å²) in [6.45, 7) is 1.96. The Kier molecular flexibility index (Phi) is 3.00. The van der Waals surface area contributed by atoms with Gasteiger partial charge in [-0.05, 0) is 23.6 Å². The highest BCUT2D eigenvalue weighted by molar-refractivity contribution is 5.27. The summed E-state index contributed by atoms with van der Waals surface area (Å²) >= 11 is 0. The predicted octanol–water partition coefficient (Wildman–Crippen LogP) is 1.97. The molecule has 0 aliphatic carbocycles. The van der Waals surface area contributed by atoms with Crippen molar-refractivity contribution in [2.45, 2.75) is 19.3 Å². The van der Waals surface area contributed by atoms with Gasteiger partial charge in [0.1, 0.15) is 11.8 Å². The van der Waals surface area contributed by atoms with Crippen molar-refractivity contribution in [1.29, 1.82) is 10.5 Å². The minimum Gasteiger partial charge on any atom is -0.246 e. The highest BCUT2D eigenvalue weighted by Gasteiger charge is 2.05. The molecule has 3 heteroatoms. The molecule has 0 fully saturated rings. The van der Waals surface area contributed by atoms with E-state index in [1.165, 1.54) is 0 Å². The van der Waals surface area contributed by atoms with Gasteiger partial charge in [0, 0.05) is 12.6 Å². The molecule has 0 spiro atoms. The smallest absolute Gasteiger partial charge is 0.140 e. The first-order valence-electron chi connectivity index (χ1n) is 4.01. The quantitative estimate of drug-likeness (QED) is 0.683. The second kappa shape index (κ2) is 4.23. The molecule has 1 unspecified atom stereocenters. The van der Waals surface area contributed by atoms with E-state index in [1.807, 2.05) is 19.1 Å². The van der Waals surface area contributed by atoms with Gasteiger partial charge in [-0.15, -0.1) is 0 Å². The van der Waals surface area contributed by atoms with Gasteiger partial charge >= 0.3 is 0 Å². The molecule has 0 bridgehead atoms. The molecule has 1 aromatic rings. The summed E-state index contributed by atoms with van der Waals surface area (Å²) in [5.74, 6) is 0.167. The van der Waals surface area contributed by atoms with Crippen molar-refractivity contribution in [3.8, 4) is 12.1 Å². The number of hydrogen-bond donors (Lipinski definition) is 0. The van der Waals surface area contributed by atoms with E-state index in [0.717, 1.165) is 5.56 Å². The monoisotopic (exact) mass is 171 g/mol. The lowest BCUT2D eigenvalue weighted by Crippen LogP contribution is -1.93. The molecule has 0 saturated carbocycles. The van der Waals surface area contributed by atoms with Crippen molar-refractivity contribution in [3.05, 3.63) is 29.6 Å². The van der Waals surface area contributed by atoms with Crippen LogP contribution in [0.5, 0.6) is 0 Å². The summed E-state index contributed by atoms with van der Waals surface area (Å²) in [6.07, 6.45) is 2.07. The number of rotatable bonds is 2. The maximum atomic E-state index is 8.60. The number of aromatic nitrogens is 1. The first-order valence-corrected chi connectivity index (χ1v) is 4.01. The van der Waals surface area contributed by atoms with Gasteiger partial charge in [-0.2, -0.15) is 10.5 Å². The van der Waals surface area contributed by atoms with Gasteiger partial charge in [-0.1, -0.05) is 6.92 Å². The van der Waals surface area contributed by atoms with Crippen LogP contribution in [-0.2, 0) is 0 Å². The Hall–Kier alpha value is -1.87. The molecule has 1 aromatic heterocycles. The lowest BCUT2D eigenvalue weighted by molar-refractivity contribution is 0.786. The Balaban J connectivity index is 2.91. The summed E-state index contributed by atoms with van der Waals surface area (Å²) < 4.78 is 0. The Labute approximate surface area is 77.3 Å². The van der Waals surface area contributed by atoms with Gasteiger partial charge in [-0.3, -0.25) is 0 Å². The first-order chi connectivity index (χ1) is 6.27. The van der Waals surface area contributed by atoms with E-state index < -0.39 is 0 Å². The van der Waals surface area contributed by atoms with E-state index in [1.54, 1.807) is 12.3 Å². The van der Waals surface area contributed by atoms with Gasteiger partial charge in [0.05, 0.1) is 6.07 Å². The maximum absolute atomic E-state index is 8.60. The second-order valence-electron chi connectivity index (χ2n) is 2.85. The fourth-order valence-corrected chi connectivity index (χ4v) is 1.07. The summed E-state index contributed by atoms with van der Waals surface area (Å²) in [5.41, 5.74) is 1.40. The van der Waals surface area contributed by atoms with Crippen LogP contribution in [0.15, 0.2) is 18.3 Å². The van der Waals surface area contributed by atoms with Crippen LogP contribution in [0.25, 0.3) is 0 Å². The minimum absolute atomic E-state index is 0.167. The predicted molar refractivity (Wildman–Crippen MR) is 47.6 cm³/mol. The van der Waals surface area contributed by atoms with Crippen molar-refractivity contribution in [2.75, 3.05) is 0 Å². The van der Waals surface area contributed by atoms with Gasteiger partial charge in [0.2, 0.25) is 0 Å². The van der Waals surface area contributed by atoms with Gasteiger partial charge in [0.15, 0.2) is 0 Å². The topological polar surface area (TPSA) is 60.5 Å². The number of pyridine rings is 1. The Morgan fingerprint density at radius 2 is 2.31 bits per heavy atom. The summed E-state index contributed by atoms with van der Waals surface area (Å²) in [7, 11) is 0. The third kappa shape index (κ3) is 2.28. The van der Waals surface area contributed by atoms with E-state index in [9.17, 15) is 0 Å². The SMILES string of the molecule is CC(CC#N)c1ccnc(C#N)c1. The number of nitriles is 2. The van der Waals surface area contributed by atoms with Crippen LogP contribution in [-0.4, -0.2) is 4.98 Å². The Morgan fingerprint density at radius 1 is 1.54 bits per heavy atom. The van der Waals surface area contributed by atoms with Crippen LogP contribution >= 0.6 is 0 Å². The van der Waals surface area contributed by atoms with Gasteiger partial charge in [-0.25, -0.2) is 4.98 Å². The third-order valence-electron chi connectivity index (χ3n) is 1.87. The Bertz CT molecular complexity index is 370. The van der Waals surface area contributed by atoms with Crippen molar-refractivity contribution >= 4 is 0 Å². The van der Waals surface area contributed by atoms with E-state index in [2.05, 4.69) is 11.1 Å². The molecule has 64 valence electrons. The molecule has 0 aliphatic heterocycles. The average Bonchev–Trinajstić information content (AvgIpc) is 2.18. The molecule has 0 amide bonds. The van der Waals surface area contributed by atoms with Crippen molar-refractivity contribution < 1.29 is 0 Å². The molecular formula is C10H9N3. The lowest BCUT2D eigenvalue weighted by Gasteiger charge is -2.06. The summed E-state index contributed by atoms with van der Waals surface area (Å²) in [4.78, 5) is 3.86. The molecule has 1 atom stereocenters. The van der Waals surface area contributed by atoms with Crippen molar-refractivity contribution in [2.24, 2.45) is 0 Å². The van der Waals surface area contributed by atoms with Gasteiger partial charge in [0.25, 0.3) is 0 Å². The summed E-state index contributed by atoms with van der Waals surface area (Å²) in [5, 5.41) is 17.1. The van der Waals surface area contributed by atoms with Crippen LogP contribution in [0, 0.1) is 22.7 Å². The maximum Gasteiger partial charge on any atom is 0.140 e. The second-order valence-corrected chi connectivity index (χ2v) is 2.85. The zero-order valence-electron chi connectivity index (χ0n) is 7.36. The highest BCUT2D eigenvalue weighted by atomic mass is 14.7. The minimum atomic E-state index is 0.167. The zero-order valence-corrected chi connectivity index (χ0v) is 7.36. The lowest BCUT2D eigenvalue weighted by atomic mass is 9.99. The van der Waals surface area contributed by atoms with Crippen LogP contribution in [0.4, 0.5) is 0 Å². The summed E-state index contributed by atoms with van der Waals surface area (Å²) in [6, 6.07) is 7.63. The number of nitrogens with zero attached hydrogens (tertiary/aromatic N) is 3. The molecule has 1 heterocycles. The van der Waals surface area contributed by atoms with Crippen LogP contribution in [0.2, 0.25) is 0 Å². The largest absolute Gasteiger partial charge is 0.246 e. The van der Waals surface area contributed by atoms with E-state index in [0.29, 0.717) is 12.1 Å². The molecule has 0 radical (unpaired) electrons. The molecule has 0 N–H and O–H groups in total. The fourth-order valence-electron chi connectivity index (χ4n) is 1.07. The van der Waals surface area contributed by atoms with E-state index in [-0.39, 0.29) is 5.92 Å². The molecule has 3 nitrogen and oxygen atoms in total. The molecule has 0 aromatic carbocycles. The molecular weight excluding hydrogens is 162 g/mol. The molecule has 0 aliphatic rings. The standard InChI is InChI=1S/C10H9N3/c1-8(2-4-11)9-3-5-13-10(6-9)7-12/h3,5-6,8H,2H2,1H3. The Morgan fingerprint density at radius 3 is 2.92 bits per heavy atom. The average molecular weight is 171 g/mol. The third-order valence-corrected chi connectivity index (χ3v) is 1.87. The normalized spacial score (nSPS) is 11.3. The first kappa shape index (κ1) is 9.22. The van der Waals surface area contributed by atoms with Crippen molar-refractivity contribution in [3.63, 3.8) is 0 Å². The van der Waals surface area contributed by atoms with Gasteiger partial charge < -0.3 is 0 Å². The highest BCUT2D eigenvalue weighted by Crippen LogP contribution is 2.17. The van der Waals surface area contributed by atoms with Crippen LogP contribution < -0.4 is 0 Å². The van der Waals surface area contributed by atoms with Crippen molar-refractivity contribution in [1.82, 2.24) is 4.98 Å². The zero-order chi connectivity index (χ0) is 9.68.